The van der Waals surface area contributed by atoms with Crippen molar-refractivity contribution in [1.82, 2.24) is 20.5 Å². The van der Waals surface area contributed by atoms with Gasteiger partial charge in [0.15, 0.2) is 0 Å². The van der Waals surface area contributed by atoms with Crippen LogP contribution in [-0.4, -0.2) is 33.0 Å². The first-order valence-electron chi connectivity index (χ1n) is 6.97. The summed E-state index contributed by atoms with van der Waals surface area (Å²) in [6.45, 7) is 3.50. The number of carbonyl (C=O) groups excluding carboxylic acids is 2. The van der Waals surface area contributed by atoms with Crippen LogP contribution in [0.25, 0.3) is 0 Å². The molecule has 23 heavy (non-hydrogen) atoms. The first-order chi connectivity index (χ1) is 11.0. The molecule has 2 heterocycles. The first kappa shape index (κ1) is 16.2. The van der Waals surface area contributed by atoms with E-state index in [0.29, 0.717) is 5.69 Å². The van der Waals surface area contributed by atoms with Gasteiger partial charge in [-0.1, -0.05) is 6.07 Å². The monoisotopic (exact) mass is 312 g/mol. The van der Waals surface area contributed by atoms with Gasteiger partial charge < -0.3 is 10.6 Å². The SMILES string of the molecule is Cc1cccc(C(=O)Nc2cn[nH]c2C(=O)N[C@H](C)CC#N)n1. The second-order valence-corrected chi connectivity index (χ2v) is 5.01. The van der Waals surface area contributed by atoms with Gasteiger partial charge in [-0.2, -0.15) is 10.4 Å². The Kier molecular flexibility index (Phi) is 5.04. The number of aryl methyl sites for hydroxylation is 1. The van der Waals surface area contributed by atoms with E-state index in [1.807, 2.05) is 6.07 Å². The van der Waals surface area contributed by atoms with Crippen LogP contribution in [0.3, 0.4) is 0 Å². The Balaban J connectivity index is 2.11. The minimum atomic E-state index is -0.447. The summed E-state index contributed by atoms with van der Waals surface area (Å²) in [5, 5.41) is 20.2. The van der Waals surface area contributed by atoms with Crippen molar-refractivity contribution in [3.05, 3.63) is 41.5 Å². The number of aromatic nitrogens is 3. The molecule has 2 aromatic rings. The maximum absolute atomic E-state index is 12.2. The van der Waals surface area contributed by atoms with Crippen molar-refractivity contribution in [3.63, 3.8) is 0 Å². The van der Waals surface area contributed by atoms with E-state index in [9.17, 15) is 9.59 Å². The molecule has 0 aromatic carbocycles. The van der Waals surface area contributed by atoms with Crippen molar-refractivity contribution in [1.29, 1.82) is 5.26 Å². The van der Waals surface area contributed by atoms with Crippen LogP contribution in [0.1, 0.15) is 40.0 Å². The van der Waals surface area contributed by atoms with Crippen molar-refractivity contribution in [2.75, 3.05) is 5.32 Å². The molecule has 0 bridgehead atoms. The number of H-pyrrole nitrogens is 1. The molecular weight excluding hydrogens is 296 g/mol. The number of nitrogens with one attached hydrogen (secondary N) is 3. The molecule has 3 N–H and O–H groups in total. The third-order valence-corrected chi connectivity index (χ3v) is 3.01. The second-order valence-electron chi connectivity index (χ2n) is 5.01. The molecule has 0 saturated heterocycles. The Morgan fingerprint density at radius 1 is 1.39 bits per heavy atom. The molecule has 0 unspecified atom stereocenters. The third-order valence-electron chi connectivity index (χ3n) is 3.01. The molecular formula is C15H16N6O2. The van der Waals surface area contributed by atoms with E-state index < -0.39 is 11.8 Å². The number of hydrogen-bond acceptors (Lipinski definition) is 5. The predicted molar refractivity (Wildman–Crippen MR) is 82.7 cm³/mol. The highest BCUT2D eigenvalue weighted by Gasteiger charge is 2.18. The summed E-state index contributed by atoms with van der Waals surface area (Å²) in [7, 11) is 0. The summed E-state index contributed by atoms with van der Waals surface area (Å²) in [5.74, 6) is -0.882. The van der Waals surface area contributed by atoms with Gasteiger partial charge in [0.2, 0.25) is 0 Å². The topological polar surface area (TPSA) is 124 Å². The molecule has 8 heteroatoms. The van der Waals surface area contributed by atoms with Gasteiger partial charge in [0.05, 0.1) is 24.4 Å². The highest BCUT2D eigenvalue weighted by Crippen LogP contribution is 2.13. The van der Waals surface area contributed by atoms with E-state index in [2.05, 4.69) is 25.8 Å². The van der Waals surface area contributed by atoms with Crippen molar-refractivity contribution >= 4 is 17.5 Å². The highest BCUT2D eigenvalue weighted by molar-refractivity contribution is 6.07. The number of carbonyl (C=O) groups is 2. The zero-order valence-corrected chi connectivity index (χ0v) is 12.8. The third kappa shape index (κ3) is 4.14. The van der Waals surface area contributed by atoms with Crippen molar-refractivity contribution in [2.45, 2.75) is 26.3 Å². The molecule has 8 nitrogen and oxygen atoms in total. The average molecular weight is 312 g/mol. The second kappa shape index (κ2) is 7.17. The largest absolute Gasteiger partial charge is 0.347 e. The standard InChI is InChI=1S/C15H16N6O2/c1-9-4-3-5-11(18-9)14(22)20-12-8-17-21-13(12)15(23)19-10(2)6-7-16/h3-5,8,10H,6H2,1-2H3,(H,17,21)(H,19,23)(H,20,22)/t10-/m1/s1. The fourth-order valence-electron chi connectivity index (χ4n) is 1.89. The van der Waals surface area contributed by atoms with Crippen LogP contribution in [0.2, 0.25) is 0 Å². The van der Waals surface area contributed by atoms with E-state index in [4.69, 9.17) is 5.26 Å². The number of nitrogens with zero attached hydrogens (tertiary/aromatic N) is 3. The number of anilines is 1. The molecule has 2 amide bonds. The van der Waals surface area contributed by atoms with Gasteiger partial charge >= 0.3 is 0 Å². The molecule has 2 rings (SSSR count). The van der Waals surface area contributed by atoms with Crippen LogP contribution in [0.5, 0.6) is 0 Å². The van der Waals surface area contributed by atoms with E-state index in [0.717, 1.165) is 0 Å². The van der Waals surface area contributed by atoms with Crippen molar-refractivity contribution in [3.8, 4) is 6.07 Å². The Morgan fingerprint density at radius 2 is 2.17 bits per heavy atom. The summed E-state index contributed by atoms with van der Waals surface area (Å²) in [6.07, 6.45) is 1.53. The molecule has 0 saturated carbocycles. The Morgan fingerprint density at radius 3 is 2.87 bits per heavy atom. The Hall–Kier alpha value is -3.21. The normalized spacial score (nSPS) is 11.3. The summed E-state index contributed by atoms with van der Waals surface area (Å²) in [6, 6.07) is 6.75. The molecule has 0 aliphatic heterocycles. The van der Waals surface area contributed by atoms with Crippen LogP contribution in [0.4, 0.5) is 5.69 Å². The Labute approximate surface area is 132 Å². The van der Waals surface area contributed by atoms with E-state index >= 15 is 0 Å². The van der Waals surface area contributed by atoms with Crippen LogP contribution in [0.15, 0.2) is 24.4 Å². The van der Waals surface area contributed by atoms with Crippen LogP contribution in [0, 0.1) is 18.3 Å². The smallest absolute Gasteiger partial charge is 0.274 e. The van der Waals surface area contributed by atoms with Gasteiger partial charge in [-0.3, -0.25) is 14.7 Å². The van der Waals surface area contributed by atoms with E-state index in [1.165, 1.54) is 6.20 Å². The number of amides is 2. The van der Waals surface area contributed by atoms with Crippen LogP contribution < -0.4 is 10.6 Å². The van der Waals surface area contributed by atoms with E-state index in [-0.39, 0.29) is 29.5 Å². The molecule has 118 valence electrons. The minimum absolute atomic E-state index is 0.121. The van der Waals surface area contributed by atoms with Gasteiger partial charge in [0.25, 0.3) is 11.8 Å². The lowest BCUT2D eigenvalue weighted by Gasteiger charge is -2.10. The number of nitriles is 1. The summed E-state index contributed by atoms with van der Waals surface area (Å²) in [5.41, 5.74) is 1.33. The fourth-order valence-corrected chi connectivity index (χ4v) is 1.89. The predicted octanol–water partition coefficient (Wildman–Crippen LogP) is 1.40. The maximum atomic E-state index is 12.2. The zero-order chi connectivity index (χ0) is 16.8. The fraction of sp³-hybridized carbons (Fsp3) is 0.267. The minimum Gasteiger partial charge on any atom is -0.347 e. The van der Waals surface area contributed by atoms with Gasteiger partial charge in [0, 0.05) is 11.7 Å². The first-order valence-corrected chi connectivity index (χ1v) is 6.97. The molecule has 0 fully saturated rings. The summed E-state index contributed by atoms with van der Waals surface area (Å²) in [4.78, 5) is 28.4. The number of pyridine rings is 1. The number of aromatic amines is 1. The lowest BCUT2D eigenvalue weighted by molar-refractivity contribution is 0.0936. The highest BCUT2D eigenvalue weighted by atomic mass is 16.2. The molecule has 0 aliphatic carbocycles. The molecule has 0 aliphatic rings. The Bertz CT molecular complexity index is 761. The zero-order valence-electron chi connectivity index (χ0n) is 12.8. The lowest BCUT2D eigenvalue weighted by Crippen LogP contribution is -2.33. The van der Waals surface area contributed by atoms with Gasteiger partial charge in [0.1, 0.15) is 11.4 Å². The maximum Gasteiger partial charge on any atom is 0.274 e. The quantitative estimate of drug-likeness (QED) is 0.770. The van der Waals surface area contributed by atoms with Gasteiger partial charge in [-0.25, -0.2) is 4.98 Å². The lowest BCUT2D eigenvalue weighted by atomic mass is 10.2. The summed E-state index contributed by atoms with van der Waals surface area (Å²) >= 11 is 0. The van der Waals surface area contributed by atoms with Gasteiger partial charge in [-0.15, -0.1) is 0 Å². The van der Waals surface area contributed by atoms with Crippen LogP contribution in [-0.2, 0) is 0 Å². The molecule has 2 aromatic heterocycles. The summed E-state index contributed by atoms with van der Waals surface area (Å²) < 4.78 is 0. The van der Waals surface area contributed by atoms with Crippen molar-refractivity contribution in [2.24, 2.45) is 0 Å². The molecule has 0 radical (unpaired) electrons. The number of rotatable bonds is 5. The number of hydrogen-bond donors (Lipinski definition) is 3. The van der Waals surface area contributed by atoms with E-state index in [1.54, 1.807) is 32.0 Å². The van der Waals surface area contributed by atoms with Crippen molar-refractivity contribution < 1.29 is 9.59 Å². The average Bonchev–Trinajstić information content (AvgIpc) is 2.95. The molecule has 1 atom stereocenters. The van der Waals surface area contributed by atoms with Gasteiger partial charge in [-0.05, 0) is 26.0 Å². The molecule has 0 spiro atoms. The van der Waals surface area contributed by atoms with Crippen LogP contribution >= 0.6 is 0 Å².